The number of fused-ring (bicyclic) bond motifs is 1. The van der Waals surface area contributed by atoms with Crippen LogP contribution < -0.4 is 5.32 Å². The Balaban J connectivity index is 1.28. The van der Waals surface area contributed by atoms with Crippen LogP contribution in [0.15, 0.2) is 46.1 Å². The van der Waals surface area contributed by atoms with Crippen molar-refractivity contribution < 1.29 is 24.2 Å². The van der Waals surface area contributed by atoms with Crippen molar-refractivity contribution in [2.75, 3.05) is 6.54 Å². The highest BCUT2D eigenvalue weighted by Crippen LogP contribution is 2.60. The Labute approximate surface area is 264 Å². The topological polar surface area (TPSA) is 105 Å². The first kappa shape index (κ1) is 33.0. The van der Waals surface area contributed by atoms with Gasteiger partial charge in [-0.1, -0.05) is 51.5 Å². The van der Waals surface area contributed by atoms with Gasteiger partial charge in [0.2, 0.25) is 5.89 Å². The van der Waals surface area contributed by atoms with Gasteiger partial charge in [0.1, 0.15) is 11.9 Å². The number of hydrogen-bond donors (Lipinski definition) is 3. The fourth-order valence-corrected chi connectivity index (χ4v) is 8.87. The first-order valence-corrected chi connectivity index (χ1v) is 17.5. The van der Waals surface area contributed by atoms with Gasteiger partial charge < -0.3 is 24.7 Å². The van der Waals surface area contributed by atoms with Gasteiger partial charge in [0.15, 0.2) is 0 Å². The van der Waals surface area contributed by atoms with Crippen LogP contribution in [0.1, 0.15) is 123 Å². The average molecular weight is 609 g/mol. The molecule has 4 aliphatic rings. The summed E-state index contributed by atoms with van der Waals surface area (Å²) < 4.78 is 12.4. The summed E-state index contributed by atoms with van der Waals surface area (Å²) in [6, 6.07) is 0. The molecule has 3 N–H and O–H groups in total. The van der Waals surface area contributed by atoms with E-state index >= 15 is 0 Å². The first-order valence-electron chi connectivity index (χ1n) is 17.5. The molecule has 5 rings (SSSR count). The number of aliphatic hydroxyl groups excluding tert-OH is 2. The zero-order chi connectivity index (χ0) is 31.5. The summed E-state index contributed by atoms with van der Waals surface area (Å²) in [7, 11) is 0. The number of allylic oxidation sites excluding steroid dienone is 3. The van der Waals surface area contributed by atoms with Gasteiger partial charge in [-0.15, -0.1) is 0 Å². The highest BCUT2D eigenvalue weighted by atomic mass is 16.6. The van der Waals surface area contributed by atoms with Gasteiger partial charge in [-0.05, 0) is 112 Å². The molecule has 4 fully saturated rings. The Morgan fingerprint density at radius 2 is 2.02 bits per heavy atom. The molecule has 1 heterocycles. The van der Waals surface area contributed by atoms with Crippen molar-refractivity contribution in [3.8, 4) is 0 Å². The van der Waals surface area contributed by atoms with E-state index in [1.54, 1.807) is 0 Å². The minimum atomic E-state index is -0.654. The lowest BCUT2D eigenvalue weighted by Crippen LogP contribution is -2.38. The number of unbranched alkanes of at least 4 members (excludes halogenated alkanes) is 1. The van der Waals surface area contributed by atoms with Crippen molar-refractivity contribution in [2.45, 2.75) is 141 Å². The normalized spacial score (nSPS) is 32.8. The molecule has 7 nitrogen and oxygen atoms in total. The van der Waals surface area contributed by atoms with E-state index in [0.29, 0.717) is 37.1 Å². The number of alkyl carbamates (subject to hydrolysis) is 1. The zero-order valence-electron chi connectivity index (χ0n) is 27.6. The molecule has 7 atom stereocenters. The van der Waals surface area contributed by atoms with E-state index in [1.807, 2.05) is 13.1 Å². The summed E-state index contributed by atoms with van der Waals surface area (Å²) in [5.74, 6) is 3.35. The molecule has 0 bridgehead atoms. The zero-order valence-corrected chi connectivity index (χ0v) is 27.6. The number of hydrogen-bond acceptors (Lipinski definition) is 6. The van der Waals surface area contributed by atoms with Crippen LogP contribution in [-0.4, -0.2) is 46.1 Å². The predicted octanol–water partition coefficient (Wildman–Crippen LogP) is 7.72. The van der Waals surface area contributed by atoms with Crippen LogP contribution in [0.2, 0.25) is 0 Å². The standard InChI is InChI=1S/C37H56N2O5/c1-6-8-11-29-23-39-34(43-29)37(19-20-37)33(44-35(42)38-7-2)17-12-24(3)30-15-16-31-26(10-9-18-36(30,31)5)13-14-27-21-28(40)22-32(41)25(27)4/h13-14,23-24,28,30-33,40-41H,4,6-12,15-22H2,1-3,5H3,(H,38,42)/b26-13+,27-14-/t24-,28-,30-,31+,32+,33-,36-/m1/s1. The van der Waals surface area contributed by atoms with Crippen LogP contribution in [0.3, 0.4) is 0 Å². The Morgan fingerprint density at radius 1 is 1.23 bits per heavy atom. The fraction of sp³-hybridized carbons (Fsp3) is 0.730. The second-order valence-electron chi connectivity index (χ2n) is 14.5. The quantitative estimate of drug-likeness (QED) is 0.224. The molecule has 244 valence electrons. The van der Waals surface area contributed by atoms with E-state index < -0.39 is 12.2 Å². The third-order valence-electron chi connectivity index (χ3n) is 11.6. The van der Waals surface area contributed by atoms with Crippen LogP contribution >= 0.6 is 0 Å². The molecule has 1 aromatic heterocycles. The van der Waals surface area contributed by atoms with E-state index in [4.69, 9.17) is 14.1 Å². The number of oxazole rings is 1. The van der Waals surface area contributed by atoms with Crippen molar-refractivity contribution >= 4 is 6.09 Å². The molecular weight excluding hydrogens is 552 g/mol. The van der Waals surface area contributed by atoms with Crippen LogP contribution in [0, 0.1) is 23.2 Å². The summed E-state index contributed by atoms with van der Waals surface area (Å²) in [6.45, 7) is 13.7. The molecule has 4 aliphatic carbocycles. The highest BCUT2D eigenvalue weighted by molar-refractivity contribution is 5.67. The van der Waals surface area contributed by atoms with Crippen LogP contribution in [0.25, 0.3) is 0 Å². The van der Waals surface area contributed by atoms with Gasteiger partial charge in [0.25, 0.3) is 0 Å². The summed E-state index contributed by atoms with van der Waals surface area (Å²) in [5.41, 5.74) is 3.18. The number of aliphatic hydroxyl groups is 2. The van der Waals surface area contributed by atoms with Crippen LogP contribution in [0.4, 0.5) is 4.79 Å². The number of nitrogens with zero attached hydrogens (tertiary/aromatic N) is 1. The third kappa shape index (κ3) is 6.89. The predicted molar refractivity (Wildman–Crippen MR) is 173 cm³/mol. The minimum absolute atomic E-state index is 0.245. The van der Waals surface area contributed by atoms with E-state index in [-0.39, 0.29) is 23.0 Å². The number of amides is 1. The van der Waals surface area contributed by atoms with Gasteiger partial charge in [0, 0.05) is 19.4 Å². The number of carbonyl (C=O) groups is 1. The lowest BCUT2D eigenvalue weighted by Gasteiger charge is -2.44. The van der Waals surface area contributed by atoms with Crippen molar-refractivity contribution in [1.29, 1.82) is 0 Å². The highest BCUT2D eigenvalue weighted by Gasteiger charge is 2.57. The molecule has 1 aromatic rings. The number of carbonyl (C=O) groups excluding carboxylic acids is 1. The molecule has 0 saturated heterocycles. The van der Waals surface area contributed by atoms with Crippen molar-refractivity contribution in [3.05, 3.63) is 53.3 Å². The lowest BCUT2D eigenvalue weighted by atomic mass is 9.60. The van der Waals surface area contributed by atoms with E-state index in [1.165, 1.54) is 31.3 Å². The molecule has 0 unspecified atom stereocenters. The maximum atomic E-state index is 12.7. The van der Waals surface area contributed by atoms with Gasteiger partial charge in [-0.2, -0.15) is 0 Å². The van der Waals surface area contributed by atoms with E-state index in [0.717, 1.165) is 74.2 Å². The summed E-state index contributed by atoms with van der Waals surface area (Å²) in [6.07, 6.45) is 18.2. The molecule has 0 aliphatic heterocycles. The number of rotatable bonds is 12. The fourth-order valence-electron chi connectivity index (χ4n) is 8.87. The smallest absolute Gasteiger partial charge is 0.407 e. The van der Waals surface area contributed by atoms with Gasteiger partial charge >= 0.3 is 6.09 Å². The maximum Gasteiger partial charge on any atom is 0.407 e. The maximum absolute atomic E-state index is 12.7. The van der Waals surface area contributed by atoms with Gasteiger partial charge in [-0.3, -0.25) is 0 Å². The molecule has 7 heteroatoms. The first-order chi connectivity index (χ1) is 21.1. The van der Waals surface area contributed by atoms with Crippen molar-refractivity contribution in [2.24, 2.45) is 23.2 Å². The monoisotopic (exact) mass is 608 g/mol. The average Bonchev–Trinajstić information content (AvgIpc) is 3.51. The molecule has 0 aromatic carbocycles. The largest absolute Gasteiger partial charge is 0.445 e. The molecule has 0 radical (unpaired) electrons. The van der Waals surface area contributed by atoms with E-state index in [9.17, 15) is 15.0 Å². The SMILES string of the molecule is C=C1/C(=C\C=C2/CCC[C@]3(C)[C@@H]([C@H](C)CC[C@@H](OC(=O)NCC)C4(c5ncc(CCCC)o5)CC4)CC[C@@H]23)C[C@@H](O)C[C@@H]1O. The third-order valence-corrected chi connectivity index (χ3v) is 11.6. The minimum Gasteiger partial charge on any atom is -0.445 e. The summed E-state index contributed by atoms with van der Waals surface area (Å²) in [4.78, 5) is 17.4. The molecular formula is C37H56N2O5. The molecule has 4 saturated carbocycles. The molecule has 44 heavy (non-hydrogen) atoms. The second kappa shape index (κ2) is 13.9. The Morgan fingerprint density at radius 3 is 2.75 bits per heavy atom. The molecule has 1 amide bonds. The van der Waals surface area contributed by atoms with Crippen molar-refractivity contribution in [3.63, 3.8) is 0 Å². The number of aryl methyl sites for hydroxylation is 1. The van der Waals surface area contributed by atoms with E-state index in [2.05, 4.69) is 44.8 Å². The Hall–Kier alpha value is -2.38. The summed E-state index contributed by atoms with van der Waals surface area (Å²) >= 11 is 0. The van der Waals surface area contributed by atoms with Gasteiger partial charge in [0.05, 0.1) is 23.8 Å². The Kier molecular flexibility index (Phi) is 10.5. The second-order valence-corrected chi connectivity index (χ2v) is 14.5. The number of nitrogens with one attached hydrogen (secondary N) is 1. The number of ether oxygens (including phenoxy) is 1. The molecule has 0 spiro atoms. The lowest BCUT2D eigenvalue weighted by molar-refractivity contribution is 0.0471. The summed E-state index contributed by atoms with van der Waals surface area (Å²) in [5, 5.41) is 23.3. The number of aromatic nitrogens is 1. The van der Waals surface area contributed by atoms with Gasteiger partial charge in [-0.25, -0.2) is 9.78 Å². The van der Waals surface area contributed by atoms with Crippen LogP contribution in [0.5, 0.6) is 0 Å². The Bertz CT molecular complexity index is 1230. The van der Waals surface area contributed by atoms with Crippen LogP contribution in [-0.2, 0) is 16.6 Å². The van der Waals surface area contributed by atoms with Crippen molar-refractivity contribution in [1.82, 2.24) is 10.3 Å².